The first-order valence-electron chi connectivity index (χ1n) is 6.89. The molecule has 2 aromatic carbocycles. The second-order valence-corrected chi connectivity index (χ2v) is 4.86. The summed E-state index contributed by atoms with van der Waals surface area (Å²) in [6.07, 6.45) is 0. The summed E-state index contributed by atoms with van der Waals surface area (Å²) in [6.45, 7) is 4.82. The predicted molar refractivity (Wildman–Crippen MR) is 83.7 cm³/mol. The van der Waals surface area contributed by atoms with Gasteiger partial charge in [-0.3, -0.25) is 10.3 Å². The first kappa shape index (κ1) is 14.3. The van der Waals surface area contributed by atoms with E-state index in [1.807, 2.05) is 30.3 Å². The van der Waals surface area contributed by atoms with Crippen molar-refractivity contribution >= 4 is 5.84 Å². The van der Waals surface area contributed by atoms with E-state index >= 15 is 0 Å². The van der Waals surface area contributed by atoms with Gasteiger partial charge in [0.2, 0.25) is 0 Å². The molecule has 3 nitrogen and oxygen atoms in total. The molecule has 3 heteroatoms. The normalized spacial score (nSPS) is 10.7. The average molecular weight is 267 g/mol. The third kappa shape index (κ3) is 3.68. The van der Waals surface area contributed by atoms with E-state index in [1.54, 1.807) is 0 Å². The number of hydrogen-bond donors (Lipinski definition) is 2. The van der Waals surface area contributed by atoms with Crippen LogP contribution in [-0.4, -0.2) is 17.3 Å². The van der Waals surface area contributed by atoms with E-state index in [9.17, 15) is 0 Å². The molecular weight excluding hydrogens is 246 g/mol. The molecule has 104 valence electrons. The standard InChI is InChI=1S/C17H21N3/c1-2-20(12-14-8-4-3-5-9-14)13-15-10-6-7-11-16(15)17(18)19/h3-11H,2,12-13H2,1H3,(H3,18,19). The zero-order valence-corrected chi connectivity index (χ0v) is 11.8. The Morgan fingerprint density at radius 2 is 1.65 bits per heavy atom. The van der Waals surface area contributed by atoms with Gasteiger partial charge in [-0.05, 0) is 17.7 Å². The maximum Gasteiger partial charge on any atom is 0.123 e. The minimum atomic E-state index is 0.136. The lowest BCUT2D eigenvalue weighted by molar-refractivity contribution is 0.271. The number of nitrogens with two attached hydrogens (primary N) is 1. The molecule has 0 heterocycles. The second kappa shape index (κ2) is 6.87. The van der Waals surface area contributed by atoms with Crippen LogP contribution in [-0.2, 0) is 13.1 Å². The highest BCUT2D eigenvalue weighted by molar-refractivity contribution is 5.96. The number of nitrogens with zero attached hydrogens (tertiary/aromatic N) is 1. The van der Waals surface area contributed by atoms with Crippen molar-refractivity contribution in [3.8, 4) is 0 Å². The van der Waals surface area contributed by atoms with Crippen molar-refractivity contribution in [3.63, 3.8) is 0 Å². The Hall–Kier alpha value is -2.13. The Morgan fingerprint density at radius 3 is 2.30 bits per heavy atom. The van der Waals surface area contributed by atoms with Crippen molar-refractivity contribution in [1.29, 1.82) is 5.41 Å². The quantitative estimate of drug-likeness (QED) is 0.624. The molecule has 0 amide bonds. The Kier molecular flexibility index (Phi) is 4.91. The SMILES string of the molecule is CCN(Cc1ccccc1)Cc1ccccc1C(=N)N. The molecule has 0 atom stereocenters. The van der Waals surface area contributed by atoms with E-state index in [-0.39, 0.29) is 5.84 Å². The average Bonchev–Trinajstić information content (AvgIpc) is 2.48. The highest BCUT2D eigenvalue weighted by Gasteiger charge is 2.09. The van der Waals surface area contributed by atoms with Crippen LogP contribution >= 0.6 is 0 Å². The van der Waals surface area contributed by atoms with Gasteiger partial charge in [0.1, 0.15) is 5.84 Å². The van der Waals surface area contributed by atoms with Gasteiger partial charge in [0.25, 0.3) is 0 Å². The summed E-state index contributed by atoms with van der Waals surface area (Å²) in [5.41, 5.74) is 8.89. The molecular formula is C17H21N3. The highest BCUT2D eigenvalue weighted by Crippen LogP contribution is 2.13. The van der Waals surface area contributed by atoms with Crippen LogP contribution in [0.4, 0.5) is 0 Å². The Bertz CT molecular complexity index is 563. The van der Waals surface area contributed by atoms with Crippen LogP contribution in [0.15, 0.2) is 54.6 Å². The van der Waals surface area contributed by atoms with Crippen molar-refractivity contribution in [3.05, 3.63) is 71.3 Å². The van der Waals surface area contributed by atoms with E-state index in [0.29, 0.717) is 0 Å². The lowest BCUT2D eigenvalue weighted by atomic mass is 10.1. The molecule has 0 saturated carbocycles. The minimum absolute atomic E-state index is 0.136. The number of hydrogen-bond acceptors (Lipinski definition) is 2. The van der Waals surface area contributed by atoms with E-state index in [4.69, 9.17) is 11.1 Å². The molecule has 2 aromatic rings. The van der Waals surface area contributed by atoms with Gasteiger partial charge in [-0.15, -0.1) is 0 Å². The molecule has 20 heavy (non-hydrogen) atoms. The molecule has 0 aliphatic heterocycles. The number of nitrogen functional groups attached to an aromatic ring is 1. The van der Waals surface area contributed by atoms with Crippen LogP contribution < -0.4 is 5.73 Å². The smallest absolute Gasteiger partial charge is 0.123 e. The molecule has 0 fully saturated rings. The van der Waals surface area contributed by atoms with Gasteiger partial charge in [0.05, 0.1) is 0 Å². The summed E-state index contributed by atoms with van der Waals surface area (Å²) in [4.78, 5) is 2.34. The number of benzene rings is 2. The molecule has 0 unspecified atom stereocenters. The fourth-order valence-electron chi connectivity index (χ4n) is 2.28. The Labute approximate surface area is 120 Å². The molecule has 0 aromatic heterocycles. The molecule has 0 aliphatic rings. The van der Waals surface area contributed by atoms with Crippen LogP contribution in [0.2, 0.25) is 0 Å². The Morgan fingerprint density at radius 1 is 1.00 bits per heavy atom. The van der Waals surface area contributed by atoms with Crippen LogP contribution in [0, 0.1) is 5.41 Å². The lowest BCUT2D eigenvalue weighted by Crippen LogP contribution is -2.24. The van der Waals surface area contributed by atoms with Crippen molar-refractivity contribution in [2.45, 2.75) is 20.0 Å². The number of nitrogens with one attached hydrogen (secondary N) is 1. The minimum Gasteiger partial charge on any atom is -0.384 e. The molecule has 0 bridgehead atoms. The lowest BCUT2D eigenvalue weighted by Gasteiger charge is -2.22. The molecule has 3 N–H and O–H groups in total. The van der Waals surface area contributed by atoms with E-state index < -0.39 is 0 Å². The number of rotatable bonds is 6. The van der Waals surface area contributed by atoms with Crippen LogP contribution in [0.25, 0.3) is 0 Å². The maximum atomic E-state index is 7.66. The fraction of sp³-hybridized carbons (Fsp3) is 0.235. The zero-order chi connectivity index (χ0) is 14.4. The molecule has 2 rings (SSSR count). The fourth-order valence-corrected chi connectivity index (χ4v) is 2.28. The molecule has 0 aliphatic carbocycles. The van der Waals surface area contributed by atoms with Gasteiger partial charge >= 0.3 is 0 Å². The maximum absolute atomic E-state index is 7.66. The highest BCUT2D eigenvalue weighted by atomic mass is 15.1. The van der Waals surface area contributed by atoms with E-state index in [2.05, 4.69) is 36.1 Å². The predicted octanol–water partition coefficient (Wildman–Crippen LogP) is 2.99. The van der Waals surface area contributed by atoms with Crippen LogP contribution in [0.5, 0.6) is 0 Å². The van der Waals surface area contributed by atoms with E-state index in [1.165, 1.54) is 5.56 Å². The van der Waals surface area contributed by atoms with E-state index in [0.717, 1.165) is 30.8 Å². The van der Waals surface area contributed by atoms with Crippen LogP contribution in [0.1, 0.15) is 23.6 Å². The van der Waals surface area contributed by atoms with Crippen molar-refractivity contribution in [2.75, 3.05) is 6.54 Å². The zero-order valence-electron chi connectivity index (χ0n) is 11.8. The summed E-state index contributed by atoms with van der Waals surface area (Å²) < 4.78 is 0. The second-order valence-electron chi connectivity index (χ2n) is 4.86. The third-order valence-corrected chi connectivity index (χ3v) is 3.40. The first-order valence-corrected chi connectivity index (χ1v) is 6.89. The van der Waals surface area contributed by atoms with Gasteiger partial charge in [-0.25, -0.2) is 0 Å². The van der Waals surface area contributed by atoms with Crippen molar-refractivity contribution in [1.82, 2.24) is 4.90 Å². The van der Waals surface area contributed by atoms with Crippen LogP contribution in [0.3, 0.4) is 0 Å². The summed E-state index contributed by atoms with van der Waals surface area (Å²) in [6, 6.07) is 18.3. The topological polar surface area (TPSA) is 53.1 Å². The largest absolute Gasteiger partial charge is 0.384 e. The third-order valence-electron chi connectivity index (χ3n) is 3.40. The molecule has 0 radical (unpaired) electrons. The molecule has 0 saturated heterocycles. The summed E-state index contributed by atoms with van der Waals surface area (Å²) in [7, 11) is 0. The summed E-state index contributed by atoms with van der Waals surface area (Å²) >= 11 is 0. The van der Waals surface area contributed by atoms with Crippen molar-refractivity contribution in [2.24, 2.45) is 5.73 Å². The Balaban J connectivity index is 2.13. The van der Waals surface area contributed by atoms with Gasteiger partial charge in [0.15, 0.2) is 0 Å². The monoisotopic (exact) mass is 267 g/mol. The van der Waals surface area contributed by atoms with Crippen molar-refractivity contribution < 1.29 is 0 Å². The van der Waals surface area contributed by atoms with Gasteiger partial charge < -0.3 is 5.73 Å². The first-order chi connectivity index (χ1) is 9.70. The summed E-state index contributed by atoms with van der Waals surface area (Å²) in [5, 5.41) is 7.66. The number of amidine groups is 1. The van der Waals surface area contributed by atoms with Gasteiger partial charge in [-0.2, -0.15) is 0 Å². The van der Waals surface area contributed by atoms with Gasteiger partial charge in [0, 0.05) is 18.7 Å². The summed E-state index contributed by atoms with van der Waals surface area (Å²) in [5.74, 6) is 0.136. The van der Waals surface area contributed by atoms with Gasteiger partial charge in [-0.1, -0.05) is 61.5 Å². The molecule has 0 spiro atoms.